The predicted molar refractivity (Wildman–Crippen MR) is 142 cm³/mol. The van der Waals surface area contributed by atoms with Crippen LogP contribution in [-0.2, 0) is 25.7 Å². The summed E-state index contributed by atoms with van der Waals surface area (Å²) in [5.74, 6) is -2.85. The standard InChI is InChI=1S/C27H35N5O6/c1-4-18(5-2)16-29-23(34)17-32-15-9-12-21(27(32)38)31-25(36)20(13-14-22(33)26(37)28-3)30-24(35)19-10-7-6-8-11-19/h6-12,15,18,20H,4-5,13-14,16-17H2,1-3H3,(H,28,37)(H,29,34)(H,30,35)(H,31,36)/t20-/m0/s1. The van der Waals surface area contributed by atoms with Crippen molar-refractivity contribution in [3.63, 3.8) is 0 Å². The molecule has 4 amide bonds. The molecule has 0 bridgehead atoms. The molecule has 204 valence electrons. The van der Waals surface area contributed by atoms with Crippen LogP contribution in [0.25, 0.3) is 0 Å². The third-order valence-electron chi connectivity index (χ3n) is 6.13. The van der Waals surface area contributed by atoms with Gasteiger partial charge in [-0.05, 0) is 36.6 Å². The number of amides is 4. The molecule has 11 heteroatoms. The monoisotopic (exact) mass is 525 g/mol. The van der Waals surface area contributed by atoms with E-state index in [-0.39, 0.29) is 31.0 Å². The highest BCUT2D eigenvalue weighted by atomic mass is 16.2. The van der Waals surface area contributed by atoms with Crippen molar-refractivity contribution < 1.29 is 24.0 Å². The number of hydrogen-bond acceptors (Lipinski definition) is 6. The number of hydrogen-bond donors (Lipinski definition) is 4. The molecule has 38 heavy (non-hydrogen) atoms. The van der Waals surface area contributed by atoms with Gasteiger partial charge in [-0.15, -0.1) is 0 Å². The van der Waals surface area contributed by atoms with Crippen LogP contribution in [0, 0.1) is 5.92 Å². The number of benzene rings is 1. The van der Waals surface area contributed by atoms with Crippen LogP contribution >= 0.6 is 0 Å². The van der Waals surface area contributed by atoms with Crippen molar-refractivity contribution in [3.8, 4) is 0 Å². The summed E-state index contributed by atoms with van der Waals surface area (Å²) in [6.07, 6.45) is 2.81. The van der Waals surface area contributed by atoms with Crippen molar-refractivity contribution >= 4 is 35.1 Å². The maximum atomic E-state index is 13.1. The number of anilines is 1. The van der Waals surface area contributed by atoms with Crippen LogP contribution in [0.2, 0.25) is 0 Å². The van der Waals surface area contributed by atoms with Gasteiger partial charge in [0.25, 0.3) is 17.4 Å². The summed E-state index contributed by atoms with van der Waals surface area (Å²) in [5, 5.41) is 10.1. The molecular weight excluding hydrogens is 490 g/mol. The lowest BCUT2D eigenvalue weighted by molar-refractivity contribution is -0.137. The molecule has 0 saturated carbocycles. The zero-order valence-electron chi connectivity index (χ0n) is 21.9. The van der Waals surface area contributed by atoms with Gasteiger partial charge in [0.15, 0.2) is 0 Å². The number of carbonyl (C=O) groups excluding carboxylic acids is 5. The maximum absolute atomic E-state index is 13.1. The third kappa shape index (κ3) is 8.99. The van der Waals surface area contributed by atoms with E-state index in [1.807, 2.05) is 13.8 Å². The number of aromatic nitrogens is 1. The Hall–Kier alpha value is -4.28. The molecule has 0 aliphatic rings. The molecule has 1 heterocycles. The van der Waals surface area contributed by atoms with Gasteiger partial charge in [-0.25, -0.2) is 0 Å². The van der Waals surface area contributed by atoms with Crippen molar-refractivity contribution in [2.45, 2.75) is 52.1 Å². The first-order valence-corrected chi connectivity index (χ1v) is 12.6. The van der Waals surface area contributed by atoms with Crippen molar-refractivity contribution in [1.29, 1.82) is 0 Å². The SMILES string of the molecule is CCC(CC)CNC(=O)Cn1cccc(NC(=O)[C@H](CCC(=O)C(=O)NC)NC(=O)c2ccccc2)c1=O. The average Bonchev–Trinajstić information content (AvgIpc) is 2.93. The fourth-order valence-corrected chi connectivity index (χ4v) is 3.65. The molecule has 2 rings (SSSR count). The number of likely N-dealkylation sites (N-methyl/N-ethyl adjacent to an activating group) is 1. The first kappa shape index (κ1) is 29.9. The molecule has 0 saturated heterocycles. The highest BCUT2D eigenvalue weighted by Gasteiger charge is 2.25. The number of nitrogens with one attached hydrogen (secondary N) is 4. The summed E-state index contributed by atoms with van der Waals surface area (Å²) in [6.45, 7) is 4.37. The molecule has 11 nitrogen and oxygen atoms in total. The van der Waals surface area contributed by atoms with E-state index in [0.717, 1.165) is 12.8 Å². The molecule has 0 radical (unpaired) electrons. The van der Waals surface area contributed by atoms with E-state index in [1.165, 1.54) is 29.9 Å². The van der Waals surface area contributed by atoms with E-state index < -0.39 is 35.1 Å². The molecule has 1 aromatic carbocycles. The van der Waals surface area contributed by atoms with Crippen LogP contribution in [-0.4, -0.2) is 53.6 Å². The molecule has 2 aromatic rings. The van der Waals surface area contributed by atoms with Crippen LogP contribution in [0.3, 0.4) is 0 Å². The van der Waals surface area contributed by atoms with Crippen LogP contribution in [0.15, 0.2) is 53.5 Å². The van der Waals surface area contributed by atoms with Crippen molar-refractivity contribution in [3.05, 3.63) is 64.6 Å². The Morgan fingerprint density at radius 2 is 1.63 bits per heavy atom. The Kier molecular flexibility index (Phi) is 11.9. The largest absolute Gasteiger partial charge is 0.354 e. The Bertz CT molecular complexity index is 1190. The Morgan fingerprint density at radius 3 is 2.26 bits per heavy atom. The van der Waals surface area contributed by atoms with E-state index in [2.05, 4.69) is 21.3 Å². The number of ketones is 1. The Morgan fingerprint density at radius 1 is 0.947 bits per heavy atom. The summed E-state index contributed by atoms with van der Waals surface area (Å²) in [7, 11) is 1.31. The number of Topliss-reactive ketones (excluding diaryl/α,β-unsaturated/α-hetero) is 1. The number of carbonyl (C=O) groups is 5. The predicted octanol–water partition coefficient (Wildman–Crippen LogP) is 1.23. The molecular formula is C27H35N5O6. The van der Waals surface area contributed by atoms with Crippen molar-refractivity contribution in [2.24, 2.45) is 5.92 Å². The van der Waals surface area contributed by atoms with E-state index in [9.17, 15) is 28.8 Å². The molecule has 0 spiro atoms. The molecule has 1 atom stereocenters. The number of rotatable bonds is 14. The fourth-order valence-electron chi connectivity index (χ4n) is 3.65. The minimum Gasteiger partial charge on any atom is -0.354 e. The molecule has 4 N–H and O–H groups in total. The first-order chi connectivity index (χ1) is 18.2. The summed E-state index contributed by atoms with van der Waals surface area (Å²) in [4.78, 5) is 74.6. The minimum absolute atomic E-state index is 0.0955. The molecule has 0 unspecified atom stereocenters. The van der Waals surface area contributed by atoms with Crippen molar-refractivity contribution in [2.75, 3.05) is 18.9 Å². The topological polar surface area (TPSA) is 155 Å². The van der Waals surface area contributed by atoms with E-state index >= 15 is 0 Å². The summed E-state index contributed by atoms with van der Waals surface area (Å²) in [5.41, 5.74) is -0.403. The lowest BCUT2D eigenvalue weighted by atomic mass is 10.0. The van der Waals surface area contributed by atoms with Gasteiger partial charge < -0.3 is 25.8 Å². The Labute approximate surface area is 221 Å². The van der Waals surface area contributed by atoms with E-state index in [1.54, 1.807) is 30.3 Å². The highest BCUT2D eigenvalue weighted by molar-refractivity contribution is 6.36. The quantitative estimate of drug-likeness (QED) is 0.272. The average molecular weight is 526 g/mol. The van der Waals surface area contributed by atoms with Crippen molar-refractivity contribution in [1.82, 2.24) is 20.5 Å². The molecule has 0 aliphatic heterocycles. The smallest absolute Gasteiger partial charge is 0.287 e. The first-order valence-electron chi connectivity index (χ1n) is 12.6. The number of nitrogens with zero attached hydrogens (tertiary/aromatic N) is 1. The number of pyridine rings is 1. The van der Waals surface area contributed by atoms with Crippen LogP contribution in [0.5, 0.6) is 0 Å². The zero-order chi connectivity index (χ0) is 28.1. The molecule has 0 aliphatic carbocycles. The van der Waals surface area contributed by atoms with Gasteiger partial charge in [0.05, 0.1) is 0 Å². The summed E-state index contributed by atoms with van der Waals surface area (Å²) >= 11 is 0. The van der Waals surface area contributed by atoms with E-state index in [4.69, 9.17) is 0 Å². The van der Waals surface area contributed by atoms with Crippen LogP contribution < -0.4 is 26.8 Å². The Balaban J connectivity index is 2.15. The zero-order valence-corrected chi connectivity index (χ0v) is 21.9. The highest BCUT2D eigenvalue weighted by Crippen LogP contribution is 2.08. The van der Waals surface area contributed by atoms with E-state index in [0.29, 0.717) is 18.0 Å². The lowest BCUT2D eigenvalue weighted by Crippen LogP contribution is -2.45. The van der Waals surface area contributed by atoms with Gasteiger partial charge in [-0.1, -0.05) is 44.9 Å². The van der Waals surface area contributed by atoms with Crippen LogP contribution in [0.4, 0.5) is 5.69 Å². The summed E-state index contributed by atoms with van der Waals surface area (Å²) < 4.78 is 1.17. The fraction of sp³-hybridized carbons (Fsp3) is 0.407. The van der Waals surface area contributed by atoms with Gasteiger partial charge in [-0.2, -0.15) is 0 Å². The second-order valence-electron chi connectivity index (χ2n) is 8.76. The van der Waals surface area contributed by atoms with Gasteiger partial charge in [-0.3, -0.25) is 28.8 Å². The second kappa shape index (κ2) is 15.1. The minimum atomic E-state index is -1.22. The lowest BCUT2D eigenvalue weighted by Gasteiger charge is -2.18. The van der Waals surface area contributed by atoms with Gasteiger partial charge in [0.1, 0.15) is 18.3 Å². The normalized spacial score (nSPS) is 11.4. The molecule has 0 fully saturated rings. The van der Waals surface area contributed by atoms with Crippen LogP contribution in [0.1, 0.15) is 49.9 Å². The van der Waals surface area contributed by atoms with Gasteiger partial charge >= 0.3 is 0 Å². The summed E-state index contributed by atoms with van der Waals surface area (Å²) in [6, 6.07) is 9.85. The second-order valence-corrected chi connectivity index (χ2v) is 8.76. The van der Waals surface area contributed by atoms with Gasteiger partial charge in [0.2, 0.25) is 17.6 Å². The molecule has 1 aromatic heterocycles. The maximum Gasteiger partial charge on any atom is 0.287 e. The van der Waals surface area contributed by atoms with Gasteiger partial charge in [0, 0.05) is 31.8 Å². The third-order valence-corrected chi connectivity index (χ3v) is 6.13.